The van der Waals surface area contributed by atoms with Gasteiger partial charge in [-0.3, -0.25) is 4.79 Å². The van der Waals surface area contributed by atoms with Gasteiger partial charge >= 0.3 is 5.97 Å². The summed E-state index contributed by atoms with van der Waals surface area (Å²) < 4.78 is 10.7. The molecular weight excluding hydrogens is 242 g/mol. The Balaban J connectivity index is 1.99. The Morgan fingerprint density at radius 1 is 1.53 bits per heavy atom. The van der Waals surface area contributed by atoms with Crippen LogP contribution in [0.15, 0.2) is 36.9 Å². The van der Waals surface area contributed by atoms with E-state index in [0.29, 0.717) is 13.0 Å². The van der Waals surface area contributed by atoms with Crippen molar-refractivity contribution in [2.75, 3.05) is 13.7 Å². The fraction of sp³-hybridized carbons (Fsp3) is 0.400. The summed E-state index contributed by atoms with van der Waals surface area (Å²) in [6.07, 6.45) is 3.26. The maximum Gasteiger partial charge on any atom is 0.323 e. The second kappa shape index (κ2) is 6.38. The number of hydrogen-bond acceptors (Lipinski definition) is 4. The molecule has 1 N–H and O–H groups in total. The predicted molar refractivity (Wildman–Crippen MR) is 73.2 cm³/mol. The van der Waals surface area contributed by atoms with E-state index in [1.807, 2.05) is 30.3 Å². The first-order valence-electron chi connectivity index (χ1n) is 6.41. The molecule has 4 heteroatoms. The number of carbonyl (C=O) groups is 1. The highest BCUT2D eigenvalue weighted by molar-refractivity contribution is 5.76. The number of methoxy groups -OCH3 is 1. The van der Waals surface area contributed by atoms with Crippen LogP contribution in [0.3, 0.4) is 0 Å². The average Bonchev–Trinajstić information content (AvgIpc) is 2.89. The van der Waals surface area contributed by atoms with Crippen LogP contribution in [0.5, 0.6) is 5.75 Å². The highest BCUT2D eigenvalue weighted by Gasteiger charge is 2.31. The van der Waals surface area contributed by atoms with E-state index in [2.05, 4.69) is 11.9 Å². The molecule has 1 saturated heterocycles. The molecule has 1 aromatic carbocycles. The molecule has 0 bridgehead atoms. The number of carbonyl (C=O) groups excluding carboxylic acids is 1. The predicted octanol–water partition coefficient (Wildman–Crippen LogP) is 1.70. The Hall–Kier alpha value is -1.81. The van der Waals surface area contributed by atoms with Gasteiger partial charge in [0.25, 0.3) is 0 Å². The first kappa shape index (κ1) is 13.6. The minimum atomic E-state index is -0.262. The summed E-state index contributed by atoms with van der Waals surface area (Å²) in [6, 6.07) is 7.64. The van der Waals surface area contributed by atoms with Gasteiger partial charge in [0.15, 0.2) is 0 Å². The van der Waals surface area contributed by atoms with E-state index in [4.69, 9.17) is 9.47 Å². The van der Waals surface area contributed by atoms with Crippen molar-refractivity contribution >= 4 is 5.97 Å². The second-order valence-corrected chi connectivity index (χ2v) is 4.56. The Kier molecular flexibility index (Phi) is 4.58. The minimum absolute atomic E-state index is 0.00457. The van der Waals surface area contributed by atoms with Crippen LogP contribution in [-0.2, 0) is 16.0 Å². The van der Waals surface area contributed by atoms with Crippen molar-refractivity contribution in [2.24, 2.45) is 0 Å². The van der Waals surface area contributed by atoms with Crippen molar-refractivity contribution in [1.82, 2.24) is 5.32 Å². The smallest absolute Gasteiger partial charge is 0.323 e. The van der Waals surface area contributed by atoms with Gasteiger partial charge in [0, 0.05) is 13.0 Å². The zero-order valence-corrected chi connectivity index (χ0v) is 11.1. The van der Waals surface area contributed by atoms with Crippen molar-refractivity contribution in [3.8, 4) is 5.75 Å². The fourth-order valence-corrected chi connectivity index (χ4v) is 2.24. The third kappa shape index (κ3) is 3.35. The quantitative estimate of drug-likeness (QED) is 0.647. The standard InChI is InChI=1S/C15H19NO3/c1-3-6-11-7-4-5-8-14(11)19-12-9-13(16-10-12)15(17)18-2/h3-5,7-8,12-13,16H,1,6,9-10H2,2H3/t12?,13-/m0/s1. The number of rotatable bonds is 5. The highest BCUT2D eigenvalue weighted by Crippen LogP contribution is 2.23. The largest absolute Gasteiger partial charge is 0.489 e. The summed E-state index contributed by atoms with van der Waals surface area (Å²) in [5, 5.41) is 3.11. The van der Waals surface area contributed by atoms with Gasteiger partial charge in [-0.1, -0.05) is 24.3 Å². The molecule has 4 nitrogen and oxygen atoms in total. The van der Waals surface area contributed by atoms with Crippen LogP contribution in [0, 0.1) is 0 Å². The van der Waals surface area contributed by atoms with Gasteiger partial charge in [0.05, 0.1) is 7.11 Å². The van der Waals surface area contributed by atoms with Crippen molar-refractivity contribution in [3.05, 3.63) is 42.5 Å². The maximum absolute atomic E-state index is 11.4. The van der Waals surface area contributed by atoms with Crippen LogP contribution >= 0.6 is 0 Å². The SMILES string of the molecule is C=CCc1ccccc1OC1CN[C@H](C(=O)OC)C1. The third-order valence-electron chi connectivity index (χ3n) is 3.21. The van der Waals surface area contributed by atoms with Crippen LogP contribution in [0.2, 0.25) is 0 Å². The van der Waals surface area contributed by atoms with Gasteiger partial charge in [-0.2, -0.15) is 0 Å². The Morgan fingerprint density at radius 3 is 3.05 bits per heavy atom. The number of benzene rings is 1. The number of esters is 1. The third-order valence-corrected chi connectivity index (χ3v) is 3.21. The summed E-state index contributed by atoms with van der Waals surface area (Å²) in [4.78, 5) is 11.4. The number of allylic oxidation sites excluding steroid dienone is 1. The molecule has 102 valence electrons. The van der Waals surface area contributed by atoms with E-state index in [-0.39, 0.29) is 18.1 Å². The number of para-hydroxylation sites is 1. The minimum Gasteiger partial charge on any atom is -0.489 e. The monoisotopic (exact) mass is 261 g/mol. The lowest BCUT2D eigenvalue weighted by Crippen LogP contribution is -2.31. The Morgan fingerprint density at radius 2 is 2.32 bits per heavy atom. The first-order valence-corrected chi connectivity index (χ1v) is 6.41. The van der Waals surface area contributed by atoms with Crippen LogP contribution < -0.4 is 10.1 Å². The van der Waals surface area contributed by atoms with Crippen molar-refractivity contribution < 1.29 is 14.3 Å². The molecule has 2 rings (SSSR count). The molecular formula is C15H19NO3. The lowest BCUT2D eigenvalue weighted by atomic mass is 10.1. The van der Waals surface area contributed by atoms with Crippen molar-refractivity contribution in [3.63, 3.8) is 0 Å². The van der Waals surface area contributed by atoms with Crippen LogP contribution in [-0.4, -0.2) is 31.8 Å². The Bertz CT molecular complexity index is 458. The van der Waals surface area contributed by atoms with Gasteiger partial charge in [0.2, 0.25) is 0 Å². The number of nitrogens with one attached hydrogen (secondary N) is 1. The Labute approximate surface area is 113 Å². The molecule has 0 saturated carbocycles. The molecule has 0 aromatic heterocycles. The summed E-state index contributed by atoms with van der Waals surface area (Å²) in [5.74, 6) is 0.630. The summed E-state index contributed by atoms with van der Waals surface area (Å²) in [5.41, 5.74) is 1.11. The molecule has 0 radical (unpaired) electrons. The maximum atomic E-state index is 11.4. The lowest BCUT2D eigenvalue weighted by Gasteiger charge is -2.15. The molecule has 0 amide bonds. The van der Waals surface area contributed by atoms with E-state index in [0.717, 1.165) is 17.7 Å². The molecule has 0 spiro atoms. The van der Waals surface area contributed by atoms with E-state index in [1.54, 1.807) is 0 Å². The zero-order valence-electron chi connectivity index (χ0n) is 11.1. The van der Waals surface area contributed by atoms with E-state index in [1.165, 1.54) is 7.11 Å². The lowest BCUT2D eigenvalue weighted by molar-refractivity contribution is -0.142. The van der Waals surface area contributed by atoms with Crippen LogP contribution in [0.25, 0.3) is 0 Å². The second-order valence-electron chi connectivity index (χ2n) is 4.56. The van der Waals surface area contributed by atoms with Gasteiger partial charge < -0.3 is 14.8 Å². The molecule has 1 unspecified atom stereocenters. The van der Waals surface area contributed by atoms with Crippen LogP contribution in [0.1, 0.15) is 12.0 Å². The molecule has 1 aliphatic heterocycles. The van der Waals surface area contributed by atoms with Crippen molar-refractivity contribution in [2.45, 2.75) is 25.0 Å². The van der Waals surface area contributed by atoms with E-state index >= 15 is 0 Å². The fourth-order valence-electron chi connectivity index (χ4n) is 2.24. The average molecular weight is 261 g/mol. The summed E-state index contributed by atoms with van der Waals surface area (Å²) in [7, 11) is 1.40. The van der Waals surface area contributed by atoms with Gasteiger partial charge in [0.1, 0.15) is 17.9 Å². The topological polar surface area (TPSA) is 47.6 Å². The molecule has 0 aliphatic carbocycles. The zero-order chi connectivity index (χ0) is 13.7. The molecule has 1 aliphatic rings. The van der Waals surface area contributed by atoms with Crippen molar-refractivity contribution in [1.29, 1.82) is 0 Å². The van der Waals surface area contributed by atoms with Gasteiger partial charge in [-0.25, -0.2) is 0 Å². The van der Waals surface area contributed by atoms with E-state index in [9.17, 15) is 4.79 Å². The highest BCUT2D eigenvalue weighted by atomic mass is 16.5. The normalized spacial score (nSPS) is 21.9. The molecule has 1 heterocycles. The summed E-state index contributed by atoms with van der Waals surface area (Å²) in [6.45, 7) is 4.40. The number of hydrogen-bond donors (Lipinski definition) is 1. The van der Waals surface area contributed by atoms with E-state index < -0.39 is 0 Å². The molecule has 19 heavy (non-hydrogen) atoms. The molecule has 2 atom stereocenters. The molecule has 1 fully saturated rings. The summed E-state index contributed by atoms with van der Waals surface area (Å²) >= 11 is 0. The van der Waals surface area contributed by atoms with Crippen LogP contribution in [0.4, 0.5) is 0 Å². The molecule has 1 aromatic rings. The van der Waals surface area contributed by atoms with Gasteiger partial charge in [-0.15, -0.1) is 6.58 Å². The first-order chi connectivity index (χ1) is 9.24. The van der Waals surface area contributed by atoms with Gasteiger partial charge in [-0.05, 0) is 18.1 Å². The number of ether oxygens (including phenoxy) is 2.